The monoisotopic (exact) mass is 396 g/mol. The average molecular weight is 397 g/mol. The molecule has 2 saturated heterocycles. The molecule has 0 aliphatic carbocycles. The number of nitrogens with zero attached hydrogens (tertiary/aromatic N) is 2. The lowest BCUT2D eigenvalue weighted by atomic mass is 9.71. The van der Waals surface area contributed by atoms with Gasteiger partial charge in [0.1, 0.15) is 5.75 Å². The maximum Gasteiger partial charge on any atom is 0.257 e. The number of methoxy groups -OCH3 is 2. The third kappa shape index (κ3) is 4.24. The Morgan fingerprint density at radius 3 is 2.70 bits per heavy atom. The van der Waals surface area contributed by atoms with Crippen LogP contribution in [0.25, 0.3) is 0 Å². The van der Waals surface area contributed by atoms with E-state index in [1.54, 1.807) is 32.4 Å². The molecule has 1 aromatic rings. The van der Waals surface area contributed by atoms with Crippen LogP contribution in [0.2, 0.25) is 5.02 Å². The highest BCUT2D eigenvalue weighted by molar-refractivity contribution is 6.31. The molecule has 0 saturated carbocycles. The van der Waals surface area contributed by atoms with Crippen LogP contribution < -0.4 is 4.74 Å². The van der Waals surface area contributed by atoms with E-state index in [4.69, 9.17) is 21.1 Å². The normalized spacial score (nSPS) is 22.4. The predicted molar refractivity (Wildman–Crippen MR) is 104 cm³/mol. The van der Waals surface area contributed by atoms with Crippen molar-refractivity contribution in [1.29, 1.82) is 0 Å². The van der Waals surface area contributed by atoms with E-state index >= 15 is 0 Å². The zero-order valence-corrected chi connectivity index (χ0v) is 16.9. The van der Waals surface area contributed by atoms with Gasteiger partial charge < -0.3 is 24.4 Å². The van der Waals surface area contributed by atoms with E-state index in [1.165, 1.54) is 0 Å². The summed E-state index contributed by atoms with van der Waals surface area (Å²) in [5.74, 6) is 0.760. The van der Waals surface area contributed by atoms with E-state index < -0.39 is 0 Å². The topological polar surface area (TPSA) is 62.2 Å². The van der Waals surface area contributed by atoms with E-state index in [0.29, 0.717) is 36.0 Å². The van der Waals surface area contributed by atoms with Gasteiger partial charge in [0.2, 0.25) is 0 Å². The molecule has 1 atom stereocenters. The van der Waals surface area contributed by atoms with Crippen molar-refractivity contribution in [2.24, 2.45) is 11.3 Å². The van der Waals surface area contributed by atoms with Gasteiger partial charge in [-0.15, -0.1) is 0 Å². The van der Waals surface area contributed by atoms with Crippen molar-refractivity contribution in [1.82, 2.24) is 9.80 Å². The molecular formula is C20H29ClN2O4. The van der Waals surface area contributed by atoms with Gasteiger partial charge in [-0.1, -0.05) is 11.6 Å². The Bertz CT molecular complexity index is 661. The molecule has 7 heteroatoms. The third-order valence-corrected chi connectivity index (χ3v) is 6.39. The van der Waals surface area contributed by atoms with E-state index in [2.05, 4.69) is 4.90 Å². The van der Waals surface area contributed by atoms with Crippen LogP contribution in [0.5, 0.6) is 5.75 Å². The summed E-state index contributed by atoms with van der Waals surface area (Å²) in [5.41, 5.74) is 0.588. The molecule has 2 heterocycles. The molecular weight excluding hydrogens is 368 g/mol. The van der Waals surface area contributed by atoms with Crippen molar-refractivity contribution < 1.29 is 19.4 Å². The summed E-state index contributed by atoms with van der Waals surface area (Å²) in [4.78, 5) is 17.3. The van der Waals surface area contributed by atoms with Gasteiger partial charge in [0, 0.05) is 57.4 Å². The van der Waals surface area contributed by atoms with Gasteiger partial charge >= 0.3 is 0 Å². The lowest BCUT2D eigenvalue weighted by Crippen LogP contribution is -2.47. The summed E-state index contributed by atoms with van der Waals surface area (Å²) in [7, 11) is 3.27. The van der Waals surface area contributed by atoms with Crippen LogP contribution in [-0.2, 0) is 4.74 Å². The Kier molecular flexibility index (Phi) is 6.63. The molecule has 0 radical (unpaired) electrons. The van der Waals surface area contributed by atoms with Gasteiger partial charge in [0.25, 0.3) is 5.91 Å². The Labute approximate surface area is 166 Å². The quantitative estimate of drug-likeness (QED) is 0.798. The molecule has 1 unspecified atom stereocenters. The summed E-state index contributed by atoms with van der Waals surface area (Å²) in [6.45, 7) is 5.01. The smallest absolute Gasteiger partial charge is 0.257 e. The van der Waals surface area contributed by atoms with Gasteiger partial charge in [-0.25, -0.2) is 0 Å². The lowest BCUT2D eigenvalue weighted by Gasteiger charge is -2.42. The Hall–Kier alpha value is -1.34. The van der Waals surface area contributed by atoms with E-state index in [1.807, 2.05) is 4.90 Å². The Morgan fingerprint density at radius 1 is 1.33 bits per heavy atom. The minimum Gasteiger partial charge on any atom is -0.496 e. The standard InChI is InChI=1S/C20H29ClN2O4/c1-26-10-9-22-12-15(13-24)20(14-22)5-7-23(8-6-20)19(25)17-11-16(21)3-4-18(17)27-2/h3-4,11,15,24H,5-10,12-14H2,1-2H3. The highest BCUT2D eigenvalue weighted by atomic mass is 35.5. The van der Waals surface area contributed by atoms with Gasteiger partial charge in [-0.2, -0.15) is 0 Å². The SMILES string of the molecule is COCCN1CC(CO)C2(CCN(C(=O)c3cc(Cl)ccc3OC)CC2)C1. The van der Waals surface area contributed by atoms with Crippen molar-refractivity contribution in [2.45, 2.75) is 12.8 Å². The second kappa shape index (κ2) is 8.78. The molecule has 0 aromatic heterocycles. The molecule has 2 aliphatic heterocycles. The predicted octanol–water partition coefficient (Wildman–Crippen LogP) is 2.14. The van der Waals surface area contributed by atoms with Crippen LogP contribution in [0.1, 0.15) is 23.2 Å². The number of halogens is 1. The summed E-state index contributed by atoms with van der Waals surface area (Å²) >= 11 is 6.08. The minimum atomic E-state index is -0.0426. The first-order chi connectivity index (χ1) is 13.0. The van der Waals surface area contributed by atoms with Crippen molar-refractivity contribution in [2.75, 3.05) is 60.2 Å². The summed E-state index contributed by atoms with van der Waals surface area (Å²) < 4.78 is 10.5. The molecule has 1 aromatic carbocycles. The van der Waals surface area contributed by atoms with Crippen molar-refractivity contribution >= 4 is 17.5 Å². The molecule has 3 rings (SSSR count). The molecule has 0 bridgehead atoms. The van der Waals surface area contributed by atoms with Crippen LogP contribution in [0, 0.1) is 11.3 Å². The molecule has 1 N–H and O–H groups in total. The van der Waals surface area contributed by atoms with E-state index in [0.717, 1.165) is 32.5 Å². The first-order valence-electron chi connectivity index (χ1n) is 9.48. The fraction of sp³-hybridized carbons (Fsp3) is 0.650. The zero-order chi connectivity index (χ0) is 19.4. The number of hydrogen-bond acceptors (Lipinski definition) is 5. The molecule has 150 valence electrons. The molecule has 2 aliphatic rings. The second-order valence-corrected chi connectivity index (χ2v) is 8.04. The van der Waals surface area contributed by atoms with Crippen molar-refractivity contribution in [3.63, 3.8) is 0 Å². The van der Waals surface area contributed by atoms with Crippen LogP contribution >= 0.6 is 11.6 Å². The number of carbonyl (C=O) groups is 1. The van der Waals surface area contributed by atoms with Crippen LogP contribution in [0.15, 0.2) is 18.2 Å². The minimum absolute atomic E-state index is 0.0426. The number of piperidine rings is 1. The van der Waals surface area contributed by atoms with Gasteiger partial charge in [-0.05, 0) is 36.5 Å². The van der Waals surface area contributed by atoms with Gasteiger partial charge in [0.15, 0.2) is 0 Å². The number of ether oxygens (including phenoxy) is 2. The van der Waals surface area contributed by atoms with Gasteiger partial charge in [-0.3, -0.25) is 4.79 Å². The van der Waals surface area contributed by atoms with Crippen LogP contribution in [0.4, 0.5) is 0 Å². The van der Waals surface area contributed by atoms with Crippen molar-refractivity contribution in [3.8, 4) is 5.75 Å². The van der Waals surface area contributed by atoms with Gasteiger partial charge in [0.05, 0.1) is 19.3 Å². The summed E-state index contributed by atoms with van der Waals surface area (Å²) in [5, 5.41) is 10.4. The number of rotatable bonds is 6. The van der Waals surface area contributed by atoms with Crippen molar-refractivity contribution in [3.05, 3.63) is 28.8 Å². The molecule has 27 heavy (non-hydrogen) atoms. The number of amides is 1. The third-order valence-electron chi connectivity index (χ3n) is 6.15. The second-order valence-electron chi connectivity index (χ2n) is 7.61. The Balaban J connectivity index is 1.68. The van der Waals surface area contributed by atoms with Crippen LogP contribution in [0.3, 0.4) is 0 Å². The van der Waals surface area contributed by atoms with E-state index in [9.17, 15) is 9.90 Å². The average Bonchev–Trinajstić information content (AvgIpc) is 3.03. The number of hydrogen-bond donors (Lipinski definition) is 1. The number of aliphatic hydroxyl groups is 1. The van der Waals surface area contributed by atoms with E-state index in [-0.39, 0.29) is 23.8 Å². The molecule has 2 fully saturated rings. The number of likely N-dealkylation sites (tertiary alicyclic amines) is 2. The maximum absolute atomic E-state index is 13.0. The number of benzene rings is 1. The first-order valence-corrected chi connectivity index (χ1v) is 9.86. The fourth-order valence-corrected chi connectivity index (χ4v) is 4.70. The number of carbonyl (C=O) groups excluding carboxylic acids is 1. The summed E-state index contributed by atoms with van der Waals surface area (Å²) in [6, 6.07) is 5.13. The largest absolute Gasteiger partial charge is 0.496 e. The maximum atomic E-state index is 13.0. The first kappa shape index (κ1) is 20.4. The number of aliphatic hydroxyl groups excluding tert-OH is 1. The lowest BCUT2D eigenvalue weighted by molar-refractivity contribution is 0.0397. The zero-order valence-electron chi connectivity index (χ0n) is 16.1. The molecule has 6 nitrogen and oxygen atoms in total. The summed E-state index contributed by atoms with van der Waals surface area (Å²) in [6.07, 6.45) is 1.80. The highest BCUT2D eigenvalue weighted by Gasteiger charge is 2.48. The van der Waals surface area contributed by atoms with Crippen LogP contribution in [-0.4, -0.2) is 81.0 Å². The molecule has 1 amide bonds. The Morgan fingerprint density at radius 2 is 2.07 bits per heavy atom. The molecule has 1 spiro atoms. The highest BCUT2D eigenvalue weighted by Crippen LogP contribution is 2.44. The fourth-order valence-electron chi connectivity index (χ4n) is 4.53.